The zero-order valence-electron chi connectivity index (χ0n) is 24.0. The summed E-state index contributed by atoms with van der Waals surface area (Å²) >= 11 is 23.6. The predicted octanol–water partition coefficient (Wildman–Crippen LogP) is 13.0. The molecule has 0 radical (unpaired) electrons. The first kappa shape index (κ1) is 36.8. The summed E-state index contributed by atoms with van der Waals surface area (Å²) in [6.07, 6.45) is 0. The average Bonchev–Trinajstić information content (AvgIpc) is 2.72. The summed E-state index contributed by atoms with van der Waals surface area (Å²) in [5.74, 6) is -0.283. The molecular weight excluding hydrogens is 557 g/mol. The number of benzene rings is 3. The highest BCUT2D eigenvalue weighted by atomic mass is 35.5. The Kier molecular flexibility index (Phi) is 13.9. The number of rotatable bonds is 0. The van der Waals surface area contributed by atoms with Crippen LogP contribution in [0, 0.1) is 19.7 Å². The molecule has 3 rings (SSSR count). The fourth-order valence-corrected chi connectivity index (χ4v) is 4.40. The van der Waals surface area contributed by atoms with Crippen molar-refractivity contribution in [1.29, 1.82) is 0 Å². The van der Waals surface area contributed by atoms with E-state index in [4.69, 9.17) is 46.4 Å². The van der Waals surface area contributed by atoms with Gasteiger partial charge in [0.15, 0.2) is 0 Å². The van der Waals surface area contributed by atoms with E-state index in [-0.39, 0.29) is 34.5 Å². The lowest BCUT2D eigenvalue weighted by molar-refractivity contribution is 0.522. The van der Waals surface area contributed by atoms with E-state index in [9.17, 15) is 4.39 Å². The molecule has 3 aromatic rings. The summed E-state index contributed by atoms with van der Waals surface area (Å²) in [5, 5.41) is 2.36. The van der Waals surface area contributed by atoms with E-state index < -0.39 is 0 Å². The standard InChI is InChI=1S/C11H14ClF.C11H15Cl.C10H12Cl2.CH4/c1-7-5-6-8(11(2,3)4)10(13)9(7)12;1-8-5-6-9(10(12)7-8)11(2,3)4;1-10(2,3)7-4-5-8(11)9(12)6-7;/h5-6H,1-4H3;5-7H,1-4H3;4-6H,1-3H3;1H4. The Hall–Kier alpha value is -1.25. The second-order valence-electron chi connectivity index (χ2n) is 12.4. The molecule has 0 N–H and O–H groups in total. The van der Waals surface area contributed by atoms with Crippen LogP contribution in [0.4, 0.5) is 4.39 Å². The van der Waals surface area contributed by atoms with Gasteiger partial charge in [-0.25, -0.2) is 4.39 Å². The Morgan fingerprint density at radius 3 is 1.47 bits per heavy atom. The highest BCUT2D eigenvalue weighted by Crippen LogP contribution is 2.32. The molecule has 0 nitrogen and oxygen atoms in total. The third-order valence-electron chi connectivity index (χ3n) is 5.80. The molecule has 0 saturated heterocycles. The quantitative estimate of drug-likeness (QED) is 0.240. The zero-order valence-corrected chi connectivity index (χ0v) is 27.0. The summed E-state index contributed by atoms with van der Waals surface area (Å²) in [5.41, 5.74) is 5.18. The Morgan fingerprint density at radius 2 is 1.05 bits per heavy atom. The SMILES string of the molecule is C.CC(C)(C)c1ccc(Cl)c(Cl)c1.Cc1ccc(C(C)(C)C)c(Cl)c1.Cc1ccc(C(C)(C)C)c(F)c1Cl. The maximum Gasteiger partial charge on any atom is 0.145 e. The third kappa shape index (κ3) is 11.1. The highest BCUT2D eigenvalue weighted by molar-refractivity contribution is 6.42. The second kappa shape index (κ2) is 14.4. The normalized spacial score (nSPS) is 11.5. The van der Waals surface area contributed by atoms with Crippen molar-refractivity contribution in [3.05, 3.63) is 102 Å². The average molecular weight is 603 g/mol. The van der Waals surface area contributed by atoms with Gasteiger partial charge >= 0.3 is 0 Å². The van der Waals surface area contributed by atoms with Crippen LogP contribution in [-0.2, 0) is 16.2 Å². The van der Waals surface area contributed by atoms with Crippen LogP contribution in [0.2, 0.25) is 20.1 Å². The van der Waals surface area contributed by atoms with Gasteiger partial charge in [0.05, 0.1) is 15.1 Å². The molecule has 0 amide bonds. The molecule has 0 fully saturated rings. The monoisotopic (exact) mass is 600 g/mol. The number of halogens is 5. The topological polar surface area (TPSA) is 0 Å². The van der Waals surface area contributed by atoms with Crippen molar-refractivity contribution in [2.24, 2.45) is 0 Å². The first-order valence-corrected chi connectivity index (χ1v) is 13.8. The smallest absolute Gasteiger partial charge is 0.145 e. The van der Waals surface area contributed by atoms with Crippen LogP contribution in [0.1, 0.15) is 97.6 Å². The Balaban J connectivity index is 0.000000534. The van der Waals surface area contributed by atoms with Crippen LogP contribution in [-0.4, -0.2) is 0 Å². The van der Waals surface area contributed by atoms with E-state index in [1.54, 1.807) is 13.0 Å². The first-order chi connectivity index (χ1) is 16.7. The van der Waals surface area contributed by atoms with Crippen molar-refractivity contribution in [3.8, 4) is 0 Å². The maximum absolute atomic E-state index is 13.6. The van der Waals surface area contributed by atoms with Crippen LogP contribution in [0.25, 0.3) is 0 Å². The Morgan fingerprint density at radius 1 is 0.553 bits per heavy atom. The van der Waals surface area contributed by atoms with Gasteiger partial charge in [-0.2, -0.15) is 0 Å². The number of aryl methyl sites for hydroxylation is 2. The van der Waals surface area contributed by atoms with Crippen molar-refractivity contribution < 1.29 is 4.39 Å². The first-order valence-electron chi connectivity index (χ1n) is 12.3. The van der Waals surface area contributed by atoms with Crippen LogP contribution in [0.15, 0.2) is 48.5 Å². The lowest BCUT2D eigenvalue weighted by Crippen LogP contribution is -2.13. The summed E-state index contributed by atoms with van der Waals surface area (Å²) in [6, 6.07) is 15.7. The predicted molar refractivity (Wildman–Crippen MR) is 172 cm³/mol. The van der Waals surface area contributed by atoms with E-state index in [1.165, 1.54) is 16.7 Å². The molecule has 0 saturated carbocycles. The van der Waals surface area contributed by atoms with Crippen molar-refractivity contribution in [1.82, 2.24) is 0 Å². The summed E-state index contributed by atoms with van der Waals surface area (Å²) in [6.45, 7) is 22.7. The molecule has 38 heavy (non-hydrogen) atoms. The van der Waals surface area contributed by atoms with Gasteiger partial charge in [0.1, 0.15) is 5.82 Å². The minimum absolute atomic E-state index is 0. The molecule has 0 aliphatic carbocycles. The fraction of sp³-hybridized carbons (Fsp3) is 0.455. The van der Waals surface area contributed by atoms with Gasteiger partial charge in [-0.3, -0.25) is 0 Å². The van der Waals surface area contributed by atoms with Gasteiger partial charge in [0.25, 0.3) is 0 Å². The van der Waals surface area contributed by atoms with Crippen LogP contribution in [0.3, 0.4) is 0 Å². The summed E-state index contributed by atoms with van der Waals surface area (Å²) < 4.78 is 13.6. The molecule has 0 heterocycles. The molecule has 0 aliphatic rings. The van der Waals surface area contributed by atoms with Gasteiger partial charge < -0.3 is 0 Å². The van der Waals surface area contributed by atoms with E-state index in [0.29, 0.717) is 15.6 Å². The largest absolute Gasteiger partial charge is 0.205 e. The molecule has 0 aromatic heterocycles. The third-order valence-corrected chi connectivity index (χ3v) is 7.32. The molecule has 0 spiro atoms. The lowest BCUT2D eigenvalue weighted by atomic mass is 9.86. The molecular formula is C33H45Cl4F. The maximum atomic E-state index is 13.6. The van der Waals surface area contributed by atoms with Gasteiger partial charge in [-0.1, -0.05) is 146 Å². The lowest BCUT2D eigenvalue weighted by Gasteiger charge is -2.20. The van der Waals surface area contributed by atoms with Crippen molar-refractivity contribution in [2.75, 3.05) is 0 Å². The Labute approximate surface area is 251 Å². The number of hydrogen-bond donors (Lipinski definition) is 0. The molecule has 212 valence electrons. The van der Waals surface area contributed by atoms with Gasteiger partial charge in [0, 0.05) is 5.02 Å². The Bertz CT molecular complexity index is 1190. The van der Waals surface area contributed by atoms with Crippen LogP contribution < -0.4 is 0 Å². The molecule has 0 unspecified atom stereocenters. The van der Waals surface area contributed by atoms with Crippen molar-refractivity contribution in [3.63, 3.8) is 0 Å². The fourth-order valence-electron chi connectivity index (χ4n) is 3.42. The molecule has 5 heteroatoms. The van der Waals surface area contributed by atoms with Crippen molar-refractivity contribution in [2.45, 2.75) is 99.8 Å². The van der Waals surface area contributed by atoms with Gasteiger partial charge in [-0.15, -0.1) is 0 Å². The summed E-state index contributed by atoms with van der Waals surface area (Å²) in [4.78, 5) is 0. The van der Waals surface area contributed by atoms with Crippen molar-refractivity contribution >= 4 is 46.4 Å². The van der Waals surface area contributed by atoms with E-state index in [0.717, 1.165) is 10.6 Å². The second-order valence-corrected chi connectivity index (χ2v) is 14.0. The van der Waals surface area contributed by atoms with Crippen LogP contribution >= 0.6 is 46.4 Å². The van der Waals surface area contributed by atoms with Gasteiger partial charge in [-0.05, 0) is 76.1 Å². The zero-order chi connectivity index (χ0) is 28.9. The van der Waals surface area contributed by atoms with E-state index >= 15 is 0 Å². The van der Waals surface area contributed by atoms with E-state index in [2.05, 4.69) is 60.6 Å². The van der Waals surface area contributed by atoms with E-state index in [1.807, 2.05) is 51.1 Å². The minimum atomic E-state index is -0.283. The molecule has 3 aromatic carbocycles. The van der Waals surface area contributed by atoms with Crippen LogP contribution in [0.5, 0.6) is 0 Å². The number of hydrogen-bond acceptors (Lipinski definition) is 0. The molecule has 0 bridgehead atoms. The molecule has 0 atom stereocenters. The highest BCUT2D eigenvalue weighted by Gasteiger charge is 2.20. The summed E-state index contributed by atoms with van der Waals surface area (Å²) in [7, 11) is 0. The van der Waals surface area contributed by atoms with Gasteiger partial charge in [0.2, 0.25) is 0 Å². The minimum Gasteiger partial charge on any atom is -0.205 e. The molecule has 0 aliphatic heterocycles.